The maximum absolute atomic E-state index is 10.6. The monoisotopic (exact) mass is 279 g/mol. The van der Waals surface area contributed by atoms with Crippen LogP contribution in [0.5, 0.6) is 0 Å². The Labute approximate surface area is 99.4 Å². The van der Waals surface area contributed by atoms with Crippen LogP contribution in [0.2, 0.25) is 0 Å². The van der Waals surface area contributed by atoms with Crippen molar-refractivity contribution in [1.82, 2.24) is 9.97 Å². The van der Waals surface area contributed by atoms with E-state index in [1.54, 1.807) is 24.5 Å². The quantitative estimate of drug-likeness (QED) is 0.626. The van der Waals surface area contributed by atoms with Gasteiger partial charge in [-0.05, 0) is 15.9 Å². The molecule has 0 aliphatic rings. The van der Waals surface area contributed by atoms with E-state index in [2.05, 4.69) is 25.9 Å². The second-order valence-electron chi connectivity index (χ2n) is 3.03. The normalized spacial score (nSPS) is 10.1. The standard InChI is InChI=1S/C10H6BrN3O2/c11-10-6-12-9(5-13-10)7-2-1-3-8(4-7)14(15)16/h1-6H. The number of aromatic nitrogens is 2. The van der Waals surface area contributed by atoms with Crippen LogP contribution in [0.3, 0.4) is 0 Å². The van der Waals surface area contributed by atoms with E-state index in [4.69, 9.17) is 0 Å². The molecule has 0 atom stereocenters. The average Bonchev–Trinajstić information content (AvgIpc) is 2.30. The molecule has 2 rings (SSSR count). The van der Waals surface area contributed by atoms with Gasteiger partial charge in [0, 0.05) is 17.7 Å². The maximum atomic E-state index is 10.6. The summed E-state index contributed by atoms with van der Waals surface area (Å²) in [7, 11) is 0. The Bertz CT molecular complexity index is 528. The van der Waals surface area contributed by atoms with Gasteiger partial charge in [0.2, 0.25) is 0 Å². The molecule has 1 aromatic heterocycles. The summed E-state index contributed by atoms with van der Waals surface area (Å²) in [6.45, 7) is 0. The van der Waals surface area contributed by atoms with E-state index < -0.39 is 4.92 Å². The molecule has 0 spiro atoms. The van der Waals surface area contributed by atoms with Crippen molar-refractivity contribution < 1.29 is 4.92 Å². The molecule has 0 amide bonds. The lowest BCUT2D eigenvalue weighted by atomic mass is 10.1. The summed E-state index contributed by atoms with van der Waals surface area (Å²) in [4.78, 5) is 18.3. The van der Waals surface area contributed by atoms with Crippen molar-refractivity contribution in [2.75, 3.05) is 0 Å². The van der Waals surface area contributed by atoms with Gasteiger partial charge in [0.05, 0.1) is 23.0 Å². The fraction of sp³-hybridized carbons (Fsp3) is 0. The first-order valence-electron chi connectivity index (χ1n) is 4.39. The third-order valence-corrected chi connectivity index (χ3v) is 2.38. The molecule has 1 aromatic carbocycles. The largest absolute Gasteiger partial charge is 0.270 e. The molecular weight excluding hydrogens is 274 g/mol. The lowest BCUT2D eigenvalue weighted by Crippen LogP contribution is -1.90. The Morgan fingerprint density at radius 2 is 2.06 bits per heavy atom. The number of non-ortho nitro benzene ring substituents is 1. The number of rotatable bonds is 2. The second kappa shape index (κ2) is 4.36. The smallest absolute Gasteiger partial charge is 0.258 e. The fourth-order valence-corrected chi connectivity index (χ4v) is 1.44. The molecule has 0 fully saturated rings. The zero-order valence-corrected chi connectivity index (χ0v) is 9.59. The highest BCUT2D eigenvalue weighted by molar-refractivity contribution is 9.10. The predicted molar refractivity (Wildman–Crippen MR) is 61.8 cm³/mol. The minimum absolute atomic E-state index is 0.0437. The highest BCUT2D eigenvalue weighted by Crippen LogP contribution is 2.21. The first-order valence-corrected chi connectivity index (χ1v) is 5.18. The Hall–Kier alpha value is -1.82. The molecular formula is C10H6BrN3O2. The first kappa shape index (κ1) is 10.7. The van der Waals surface area contributed by atoms with Crippen molar-refractivity contribution in [3.8, 4) is 11.3 Å². The van der Waals surface area contributed by atoms with Crippen molar-refractivity contribution in [3.05, 3.63) is 51.4 Å². The number of hydrogen-bond donors (Lipinski definition) is 0. The lowest BCUT2D eigenvalue weighted by molar-refractivity contribution is -0.384. The summed E-state index contributed by atoms with van der Waals surface area (Å²) in [5, 5.41) is 10.6. The SMILES string of the molecule is O=[N+]([O-])c1cccc(-c2cnc(Br)cn2)c1. The molecule has 2 aromatic rings. The van der Waals surface area contributed by atoms with Crippen molar-refractivity contribution >= 4 is 21.6 Å². The van der Waals surface area contributed by atoms with E-state index >= 15 is 0 Å². The molecule has 0 bridgehead atoms. The van der Waals surface area contributed by atoms with E-state index in [0.29, 0.717) is 15.9 Å². The van der Waals surface area contributed by atoms with Gasteiger partial charge in [-0.25, -0.2) is 4.98 Å². The fourth-order valence-electron chi connectivity index (χ4n) is 1.24. The Balaban J connectivity index is 2.44. The zero-order chi connectivity index (χ0) is 11.5. The summed E-state index contributed by atoms with van der Waals surface area (Å²) in [6.07, 6.45) is 3.11. The number of nitrogens with zero attached hydrogens (tertiary/aromatic N) is 3. The molecule has 1 heterocycles. The molecule has 0 aliphatic carbocycles. The highest BCUT2D eigenvalue weighted by atomic mass is 79.9. The highest BCUT2D eigenvalue weighted by Gasteiger charge is 2.07. The third-order valence-electron chi connectivity index (χ3n) is 1.97. The third kappa shape index (κ3) is 2.22. The molecule has 80 valence electrons. The van der Waals surface area contributed by atoms with Gasteiger partial charge in [-0.3, -0.25) is 15.1 Å². The van der Waals surface area contributed by atoms with Crippen LogP contribution in [-0.4, -0.2) is 14.9 Å². The lowest BCUT2D eigenvalue weighted by Gasteiger charge is -1.99. The van der Waals surface area contributed by atoms with Crippen molar-refractivity contribution in [3.63, 3.8) is 0 Å². The minimum atomic E-state index is -0.435. The van der Waals surface area contributed by atoms with Crippen LogP contribution in [0.1, 0.15) is 0 Å². The van der Waals surface area contributed by atoms with E-state index in [1.807, 2.05) is 0 Å². The molecule has 16 heavy (non-hydrogen) atoms. The zero-order valence-electron chi connectivity index (χ0n) is 8.00. The van der Waals surface area contributed by atoms with Gasteiger partial charge in [0.15, 0.2) is 0 Å². The van der Waals surface area contributed by atoms with Crippen molar-refractivity contribution in [2.24, 2.45) is 0 Å². The van der Waals surface area contributed by atoms with Gasteiger partial charge in [-0.15, -0.1) is 0 Å². The summed E-state index contributed by atoms with van der Waals surface area (Å²) in [6, 6.07) is 6.29. The predicted octanol–water partition coefficient (Wildman–Crippen LogP) is 2.81. The van der Waals surface area contributed by atoms with Crippen LogP contribution < -0.4 is 0 Å². The number of hydrogen-bond acceptors (Lipinski definition) is 4. The summed E-state index contributed by atoms with van der Waals surface area (Å²) in [5.74, 6) is 0. The van der Waals surface area contributed by atoms with Gasteiger partial charge in [0.25, 0.3) is 5.69 Å². The molecule has 0 saturated carbocycles. The molecule has 0 radical (unpaired) electrons. The minimum Gasteiger partial charge on any atom is -0.258 e. The second-order valence-corrected chi connectivity index (χ2v) is 3.84. The summed E-state index contributed by atoms with van der Waals surface area (Å²) in [5.41, 5.74) is 1.32. The van der Waals surface area contributed by atoms with E-state index in [1.165, 1.54) is 12.1 Å². The van der Waals surface area contributed by atoms with Crippen molar-refractivity contribution in [1.29, 1.82) is 0 Å². The van der Waals surface area contributed by atoms with Crippen LogP contribution in [0, 0.1) is 10.1 Å². The molecule has 0 N–H and O–H groups in total. The first-order chi connectivity index (χ1) is 7.66. The van der Waals surface area contributed by atoms with Gasteiger partial charge < -0.3 is 0 Å². The molecule has 0 unspecified atom stereocenters. The summed E-state index contributed by atoms with van der Waals surface area (Å²) >= 11 is 3.17. The van der Waals surface area contributed by atoms with Crippen molar-refractivity contribution in [2.45, 2.75) is 0 Å². The van der Waals surface area contributed by atoms with Gasteiger partial charge in [-0.2, -0.15) is 0 Å². The van der Waals surface area contributed by atoms with E-state index in [0.717, 1.165) is 0 Å². The van der Waals surface area contributed by atoms with Crippen LogP contribution in [0.4, 0.5) is 5.69 Å². The molecule has 5 nitrogen and oxygen atoms in total. The van der Waals surface area contributed by atoms with Gasteiger partial charge in [0.1, 0.15) is 4.60 Å². The maximum Gasteiger partial charge on any atom is 0.270 e. The number of nitro groups is 1. The van der Waals surface area contributed by atoms with Crippen LogP contribution in [0.15, 0.2) is 41.3 Å². The number of halogens is 1. The Kier molecular flexibility index (Phi) is 2.91. The van der Waals surface area contributed by atoms with E-state index in [9.17, 15) is 10.1 Å². The number of nitro benzene ring substituents is 1. The molecule has 0 saturated heterocycles. The molecule has 0 aliphatic heterocycles. The Morgan fingerprint density at radius 1 is 1.25 bits per heavy atom. The van der Waals surface area contributed by atoms with Crippen LogP contribution >= 0.6 is 15.9 Å². The van der Waals surface area contributed by atoms with Gasteiger partial charge >= 0.3 is 0 Å². The molecule has 6 heteroatoms. The van der Waals surface area contributed by atoms with Crippen LogP contribution in [0.25, 0.3) is 11.3 Å². The van der Waals surface area contributed by atoms with Gasteiger partial charge in [-0.1, -0.05) is 12.1 Å². The summed E-state index contributed by atoms with van der Waals surface area (Å²) < 4.78 is 0.627. The number of benzene rings is 1. The topological polar surface area (TPSA) is 68.9 Å². The Morgan fingerprint density at radius 3 is 2.69 bits per heavy atom. The van der Waals surface area contributed by atoms with Crippen LogP contribution in [-0.2, 0) is 0 Å². The average molecular weight is 280 g/mol. The van der Waals surface area contributed by atoms with E-state index in [-0.39, 0.29) is 5.69 Å².